The lowest BCUT2D eigenvalue weighted by Crippen LogP contribution is -2.42. The Morgan fingerprint density at radius 3 is 2.59 bits per heavy atom. The van der Waals surface area contributed by atoms with Crippen molar-refractivity contribution >= 4 is 5.91 Å². The topological polar surface area (TPSA) is 64.4 Å². The largest absolute Gasteiger partial charge is 0.489 e. The summed E-state index contributed by atoms with van der Waals surface area (Å²) in [7, 11) is 0. The molecule has 3 rings (SSSR count). The van der Waals surface area contributed by atoms with Crippen molar-refractivity contribution in [2.24, 2.45) is 5.92 Å². The van der Waals surface area contributed by atoms with Gasteiger partial charge in [-0.1, -0.05) is 23.7 Å². The van der Waals surface area contributed by atoms with E-state index >= 15 is 0 Å². The summed E-state index contributed by atoms with van der Waals surface area (Å²) in [5, 5.41) is 6.63. The maximum absolute atomic E-state index is 12.9. The number of carbonyl (C=O) groups is 1. The number of nitrogens with one attached hydrogen (secondary N) is 1. The minimum atomic E-state index is -4.19. The number of ether oxygens (including phenoxy) is 1. The second-order valence-electron chi connectivity index (χ2n) is 7.58. The number of aromatic nitrogens is 1. The zero-order valence-corrected chi connectivity index (χ0v) is 16.5. The molecule has 0 bridgehead atoms. The zero-order chi connectivity index (χ0) is 21.0. The Hall–Kier alpha value is -2.51. The van der Waals surface area contributed by atoms with Crippen molar-refractivity contribution in [1.29, 1.82) is 0 Å². The minimum Gasteiger partial charge on any atom is -0.489 e. The molecule has 0 spiro atoms. The van der Waals surface area contributed by atoms with Crippen molar-refractivity contribution in [3.05, 3.63) is 46.8 Å². The van der Waals surface area contributed by atoms with Crippen LogP contribution in [-0.4, -0.2) is 23.3 Å². The molecule has 1 aliphatic rings. The number of amides is 1. The zero-order valence-electron chi connectivity index (χ0n) is 16.5. The van der Waals surface area contributed by atoms with E-state index in [2.05, 4.69) is 10.5 Å². The van der Waals surface area contributed by atoms with Gasteiger partial charge >= 0.3 is 6.18 Å². The highest BCUT2D eigenvalue weighted by atomic mass is 19.4. The van der Waals surface area contributed by atoms with Crippen molar-refractivity contribution < 1.29 is 27.2 Å². The van der Waals surface area contributed by atoms with Gasteiger partial charge in [0, 0.05) is 6.04 Å². The highest BCUT2D eigenvalue weighted by Crippen LogP contribution is 2.37. The minimum absolute atomic E-state index is 0.0380. The van der Waals surface area contributed by atoms with E-state index in [1.807, 2.05) is 13.8 Å². The SMILES string of the molecule is Cc1noc(C)c1COc1ccc(CC(=O)NC2CCCC(C(F)(F)F)C2)cc1. The maximum Gasteiger partial charge on any atom is 0.391 e. The van der Waals surface area contributed by atoms with Crippen LogP contribution in [0.4, 0.5) is 13.2 Å². The molecule has 5 nitrogen and oxygen atoms in total. The number of nitrogens with zero attached hydrogens (tertiary/aromatic N) is 1. The maximum atomic E-state index is 12.9. The smallest absolute Gasteiger partial charge is 0.391 e. The van der Waals surface area contributed by atoms with Crippen LogP contribution < -0.4 is 10.1 Å². The van der Waals surface area contributed by atoms with Gasteiger partial charge in [-0.25, -0.2) is 0 Å². The fourth-order valence-electron chi connectivity index (χ4n) is 3.65. The van der Waals surface area contributed by atoms with E-state index in [0.29, 0.717) is 31.0 Å². The lowest BCUT2D eigenvalue weighted by Gasteiger charge is -2.31. The summed E-state index contributed by atoms with van der Waals surface area (Å²) in [5.41, 5.74) is 2.46. The van der Waals surface area contributed by atoms with Crippen LogP contribution in [-0.2, 0) is 17.8 Å². The van der Waals surface area contributed by atoms with E-state index in [9.17, 15) is 18.0 Å². The lowest BCUT2D eigenvalue weighted by atomic mass is 9.85. The molecule has 2 atom stereocenters. The summed E-state index contributed by atoms with van der Waals surface area (Å²) in [5.74, 6) is -0.223. The van der Waals surface area contributed by atoms with E-state index in [4.69, 9.17) is 9.26 Å². The normalized spacial score (nSPS) is 19.8. The van der Waals surface area contributed by atoms with Gasteiger partial charge in [0.15, 0.2) is 0 Å². The molecular weight excluding hydrogens is 385 g/mol. The number of hydrogen-bond donors (Lipinski definition) is 1. The van der Waals surface area contributed by atoms with Crippen LogP contribution in [0.2, 0.25) is 0 Å². The van der Waals surface area contributed by atoms with Crippen molar-refractivity contribution in [1.82, 2.24) is 10.5 Å². The second kappa shape index (κ2) is 8.88. The molecular formula is C21H25F3N2O3. The Bertz CT molecular complexity index is 811. The first-order valence-electron chi connectivity index (χ1n) is 9.72. The number of carbonyl (C=O) groups excluding carboxylic acids is 1. The third-order valence-electron chi connectivity index (χ3n) is 5.35. The fourth-order valence-corrected chi connectivity index (χ4v) is 3.65. The molecule has 2 unspecified atom stereocenters. The summed E-state index contributed by atoms with van der Waals surface area (Å²) in [6, 6.07) is 6.67. The van der Waals surface area contributed by atoms with Crippen molar-refractivity contribution in [3.63, 3.8) is 0 Å². The summed E-state index contributed by atoms with van der Waals surface area (Å²) in [6.07, 6.45) is -2.89. The van der Waals surface area contributed by atoms with Gasteiger partial charge < -0.3 is 14.6 Å². The quantitative estimate of drug-likeness (QED) is 0.753. The van der Waals surface area contributed by atoms with Crippen LogP contribution in [0.3, 0.4) is 0 Å². The number of rotatable bonds is 6. The van der Waals surface area contributed by atoms with Crippen LogP contribution >= 0.6 is 0 Å². The highest BCUT2D eigenvalue weighted by Gasteiger charge is 2.42. The van der Waals surface area contributed by atoms with Crippen LogP contribution in [0.25, 0.3) is 0 Å². The third-order valence-corrected chi connectivity index (χ3v) is 5.35. The van der Waals surface area contributed by atoms with Gasteiger partial charge in [-0.15, -0.1) is 0 Å². The first-order valence-corrected chi connectivity index (χ1v) is 9.72. The molecule has 1 aliphatic carbocycles. The highest BCUT2D eigenvalue weighted by molar-refractivity contribution is 5.78. The number of alkyl halides is 3. The number of halogens is 3. The summed E-state index contributed by atoms with van der Waals surface area (Å²) in [4.78, 5) is 12.2. The van der Waals surface area contributed by atoms with Gasteiger partial charge in [0.1, 0.15) is 18.1 Å². The van der Waals surface area contributed by atoms with Crippen LogP contribution in [0.1, 0.15) is 48.3 Å². The first kappa shape index (κ1) is 21.2. The molecule has 8 heteroatoms. The van der Waals surface area contributed by atoms with E-state index in [0.717, 1.165) is 16.8 Å². The van der Waals surface area contributed by atoms with E-state index in [1.54, 1.807) is 24.3 Å². The monoisotopic (exact) mass is 410 g/mol. The molecule has 1 N–H and O–H groups in total. The summed E-state index contributed by atoms with van der Waals surface area (Å²) >= 11 is 0. The lowest BCUT2D eigenvalue weighted by molar-refractivity contribution is -0.184. The van der Waals surface area contributed by atoms with Crippen molar-refractivity contribution in [2.45, 2.75) is 64.8 Å². The first-order chi connectivity index (χ1) is 13.7. The molecule has 29 heavy (non-hydrogen) atoms. The number of aryl methyl sites for hydroxylation is 2. The fraction of sp³-hybridized carbons (Fsp3) is 0.524. The molecule has 1 aromatic heterocycles. The molecule has 0 aliphatic heterocycles. The number of hydrogen-bond acceptors (Lipinski definition) is 4. The molecule has 158 valence electrons. The van der Waals surface area contributed by atoms with Crippen molar-refractivity contribution in [2.75, 3.05) is 0 Å². The van der Waals surface area contributed by atoms with E-state index < -0.39 is 18.1 Å². The summed E-state index contributed by atoms with van der Waals surface area (Å²) < 4.78 is 49.5. The van der Waals surface area contributed by atoms with E-state index in [-0.39, 0.29) is 25.2 Å². The Morgan fingerprint density at radius 1 is 1.24 bits per heavy atom. The third kappa shape index (κ3) is 5.74. The standard InChI is InChI=1S/C21H25F3N2O3/c1-13-19(14(2)29-26-13)12-28-18-8-6-15(7-9-18)10-20(27)25-17-5-3-4-16(11-17)21(22,23)24/h6-9,16-17H,3-5,10-12H2,1-2H3,(H,25,27). The van der Waals surface area contributed by atoms with Crippen LogP contribution in [0.15, 0.2) is 28.8 Å². The summed E-state index contributed by atoms with van der Waals surface area (Å²) in [6.45, 7) is 4.01. The van der Waals surface area contributed by atoms with Gasteiger partial charge in [0.25, 0.3) is 0 Å². The van der Waals surface area contributed by atoms with E-state index in [1.165, 1.54) is 0 Å². The molecule has 0 saturated heterocycles. The van der Waals surface area contributed by atoms with Crippen molar-refractivity contribution in [3.8, 4) is 5.75 Å². The number of benzene rings is 1. The average molecular weight is 410 g/mol. The molecule has 1 aromatic carbocycles. The predicted octanol–water partition coefficient (Wildman–Crippen LogP) is 4.65. The molecule has 1 amide bonds. The molecule has 1 heterocycles. The van der Waals surface area contributed by atoms with Gasteiger partial charge in [-0.05, 0) is 50.8 Å². The Labute approximate surface area is 167 Å². The second-order valence-corrected chi connectivity index (χ2v) is 7.58. The Kier molecular flexibility index (Phi) is 6.49. The predicted molar refractivity (Wildman–Crippen MR) is 100 cm³/mol. The Balaban J connectivity index is 1.48. The van der Waals surface area contributed by atoms with Gasteiger partial charge in [0.2, 0.25) is 5.91 Å². The molecule has 0 radical (unpaired) electrons. The van der Waals surface area contributed by atoms with Crippen LogP contribution in [0, 0.1) is 19.8 Å². The van der Waals surface area contributed by atoms with Gasteiger partial charge in [-0.3, -0.25) is 4.79 Å². The van der Waals surface area contributed by atoms with Crippen LogP contribution in [0.5, 0.6) is 5.75 Å². The Morgan fingerprint density at radius 2 is 1.97 bits per heavy atom. The van der Waals surface area contributed by atoms with Gasteiger partial charge in [-0.2, -0.15) is 13.2 Å². The molecule has 1 saturated carbocycles. The average Bonchev–Trinajstić information content (AvgIpc) is 2.98. The molecule has 2 aromatic rings. The van der Waals surface area contributed by atoms with Gasteiger partial charge in [0.05, 0.1) is 23.6 Å². The molecule has 1 fully saturated rings.